The van der Waals surface area contributed by atoms with Gasteiger partial charge < -0.3 is 19.9 Å². The lowest BCUT2D eigenvalue weighted by atomic mass is 9.85. The molecule has 2 aliphatic carbocycles. The fourth-order valence-electron chi connectivity index (χ4n) is 3.11. The van der Waals surface area contributed by atoms with Crippen molar-refractivity contribution < 1.29 is 14.6 Å². The van der Waals surface area contributed by atoms with Crippen LogP contribution < -0.4 is 5.32 Å². The molecule has 0 saturated heterocycles. The van der Waals surface area contributed by atoms with Gasteiger partial charge in [0.05, 0.1) is 19.8 Å². The molecular formula is C14H27NO3. The summed E-state index contributed by atoms with van der Waals surface area (Å²) in [5.74, 6) is 0.561. The van der Waals surface area contributed by atoms with Gasteiger partial charge in [0, 0.05) is 25.3 Å². The van der Waals surface area contributed by atoms with E-state index in [1.165, 1.54) is 25.7 Å². The van der Waals surface area contributed by atoms with Gasteiger partial charge in [0.2, 0.25) is 0 Å². The number of ether oxygens (including phenoxy) is 2. The van der Waals surface area contributed by atoms with Gasteiger partial charge in [-0.25, -0.2) is 0 Å². The molecule has 2 atom stereocenters. The van der Waals surface area contributed by atoms with Crippen LogP contribution >= 0.6 is 0 Å². The van der Waals surface area contributed by atoms with Crippen molar-refractivity contribution in [3.05, 3.63) is 0 Å². The van der Waals surface area contributed by atoms with Crippen molar-refractivity contribution in [2.24, 2.45) is 5.92 Å². The molecule has 4 heteroatoms. The highest BCUT2D eigenvalue weighted by atomic mass is 16.5. The average molecular weight is 257 g/mol. The molecule has 0 aromatic rings. The van der Waals surface area contributed by atoms with Crippen molar-refractivity contribution in [1.82, 2.24) is 5.32 Å². The molecule has 2 unspecified atom stereocenters. The average Bonchev–Trinajstić information content (AvgIpc) is 3.10. The maximum atomic E-state index is 9.78. The lowest BCUT2D eigenvalue weighted by Crippen LogP contribution is -2.52. The number of rotatable bonds is 9. The first-order valence-corrected chi connectivity index (χ1v) is 7.26. The van der Waals surface area contributed by atoms with Crippen molar-refractivity contribution in [2.75, 3.05) is 33.5 Å². The van der Waals surface area contributed by atoms with Gasteiger partial charge in [-0.3, -0.25) is 0 Å². The third-order valence-corrected chi connectivity index (χ3v) is 4.35. The Morgan fingerprint density at radius 2 is 2.06 bits per heavy atom. The van der Waals surface area contributed by atoms with Crippen LogP contribution in [0.25, 0.3) is 0 Å². The maximum absolute atomic E-state index is 9.78. The summed E-state index contributed by atoms with van der Waals surface area (Å²) >= 11 is 0. The smallest absolute Gasteiger partial charge is 0.0700 e. The highest BCUT2D eigenvalue weighted by Crippen LogP contribution is 2.40. The lowest BCUT2D eigenvalue weighted by Gasteiger charge is -2.35. The Hall–Kier alpha value is -0.160. The predicted molar refractivity (Wildman–Crippen MR) is 70.6 cm³/mol. The molecule has 0 amide bonds. The van der Waals surface area contributed by atoms with Crippen molar-refractivity contribution in [3.8, 4) is 0 Å². The minimum atomic E-state index is -0.0220. The van der Waals surface area contributed by atoms with E-state index in [2.05, 4.69) is 5.32 Å². The normalized spacial score (nSPS) is 32.0. The summed E-state index contributed by atoms with van der Waals surface area (Å²) in [6, 6.07) is 0.659. The van der Waals surface area contributed by atoms with E-state index in [4.69, 9.17) is 9.47 Å². The third kappa shape index (κ3) is 3.67. The summed E-state index contributed by atoms with van der Waals surface area (Å²) in [7, 11) is 1.69. The molecule has 0 heterocycles. The molecule has 0 bridgehead atoms. The van der Waals surface area contributed by atoms with Gasteiger partial charge in [-0.2, -0.15) is 0 Å². The van der Waals surface area contributed by atoms with E-state index in [9.17, 15) is 5.11 Å². The molecule has 0 radical (unpaired) electrons. The van der Waals surface area contributed by atoms with Crippen LogP contribution in [0.5, 0.6) is 0 Å². The predicted octanol–water partition coefficient (Wildman–Crippen LogP) is 1.32. The fraction of sp³-hybridized carbons (Fsp3) is 1.00. The zero-order chi connectivity index (χ0) is 12.8. The molecular weight excluding hydrogens is 230 g/mol. The zero-order valence-corrected chi connectivity index (χ0v) is 11.5. The summed E-state index contributed by atoms with van der Waals surface area (Å²) in [5, 5.41) is 13.5. The monoisotopic (exact) mass is 257 g/mol. The topological polar surface area (TPSA) is 50.7 Å². The first kappa shape index (κ1) is 14.3. The second kappa shape index (κ2) is 6.85. The standard InChI is InChI=1S/C14H27NO3/c1-17-9-10-18-8-6-12-3-2-7-14(12,11-16)15-13-4-5-13/h12-13,15-16H,2-11H2,1H3. The van der Waals surface area contributed by atoms with E-state index in [0.29, 0.717) is 25.2 Å². The fourth-order valence-corrected chi connectivity index (χ4v) is 3.11. The van der Waals surface area contributed by atoms with Crippen molar-refractivity contribution >= 4 is 0 Å². The Morgan fingerprint density at radius 3 is 2.72 bits per heavy atom. The van der Waals surface area contributed by atoms with Crippen LogP contribution in [-0.4, -0.2) is 50.2 Å². The second-order valence-electron chi connectivity index (χ2n) is 5.72. The Morgan fingerprint density at radius 1 is 1.22 bits per heavy atom. The zero-order valence-electron chi connectivity index (χ0n) is 11.5. The number of aliphatic hydroxyl groups is 1. The highest BCUT2D eigenvalue weighted by molar-refractivity contribution is 5.02. The number of hydrogen-bond acceptors (Lipinski definition) is 4. The van der Waals surface area contributed by atoms with Crippen LogP contribution in [0.1, 0.15) is 38.5 Å². The molecule has 2 N–H and O–H groups in total. The van der Waals surface area contributed by atoms with Gasteiger partial charge >= 0.3 is 0 Å². The van der Waals surface area contributed by atoms with Crippen molar-refractivity contribution in [1.29, 1.82) is 0 Å². The first-order valence-electron chi connectivity index (χ1n) is 7.26. The number of methoxy groups -OCH3 is 1. The van der Waals surface area contributed by atoms with Gasteiger partial charge in [-0.1, -0.05) is 6.42 Å². The molecule has 2 aliphatic rings. The van der Waals surface area contributed by atoms with Gasteiger partial charge in [0.15, 0.2) is 0 Å². The molecule has 106 valence electrons. The summed E-state index contributed by atoms with van der Waals surface area (Å²) in [5.41, 5.74) is -0.0220. The summed E-state index contributed by atoms with van der Waals surface area (Å²) in [6.07, 6.45) is 7.15. The molecule has 2 fully saturated rings. The SMILES string of the molecule is COCCOCCC1CCCC1(CO)NC1CC1. The van der Waals surface area contributed by atoms with Crippen LogP contribution in [0, 0.1) is 5.92 Å². The van der Waals surface area contributed by atoms with E-state index >= 15 is 0 Å². The van der Waals surface area contributed by atoms with E-state index in [1.807, 2.05) is 0 Å². The minimum Gasteiger partial charge on any atom is -0.394 e. The largest absolute Gasteiger partial charge is 0.394 e. The van der Waals surface area contributed by atoms with Crippen LogP contribution in [0.2, 0.25) is 0 Å². The molecule has 0 aromatic heterocycles. The Labute approximate surface area is 110 Å². The molecule has 0 spiro atoms. The van der Waals surface area contributed by atoms with Gasteiger partial charge in [-0.05, 0) is 38.0 Å². The first-order chi connectivity index (χ1) is 8.80. The summed E-state index contributed by atoms with van der Waals surface area (Å²) < 4.78 is 10.5. The van der Waals surface area contributed by atoms with Gasteiger partial charge in [-0.15, -0.1) is 0 Å². The van der Waals surface area contributed by atoms with Crippen molar-refractivity contribution in [2.45, 2.75) is 50.1 Å². The van der Waals surface area contributed by atoms with Crippen LogP contribution in [0.4, 0.5) is 0 Å². The third-order valence-electron chi connectivity index (χ3n) is 4.35. The Kier molecular flexibility index (Phi) is 5.42. The van der Waals surface area contributed by atoms with Crippen LogP contribution in [0.3, 0.4) is 0 Å². The lowest BCUT2D eigenvalue weighted by molar-refractivity contribution is 0.0489. The summed E-state index contributed by atoms with van der Waals surface area (Å²) in [6.45, 7) is 2.38. The van der Waals surface area contributed by atoms with Gasteiger partial charge in [0.25, 0.3) is 0 Å². The van der Waals surface area contributed by atoms with E-state index in [-0.39, 0.29) is 12.1 Å². The van der Waals surface area contributed by atoms with Crippen LogP contribution in [-0.2, 0) is 9.47 Å². The molecule has 2 rings (SSSR count). The Balaban J connectivity index is 1.74. The Bertz CT molecular complexity index is 245. The van der Waals surface area contributed by atoms with Crippen LogP contribution in [0.15, 0.2) is 0 Å². The highest BCUT2D eigenvalue weighted by Gasteiger charge is 2.44. The number of hydrogen-bond donors (Lipinski definition) is 2. The maximum Gasteiger partial charge on any atom is 0.0700 e. The van der Waals surface area contributed by atoms with E-state index in [1.54, 1.807) is 7.11 Å². The molecule has 2 saturated carbocycles. The molecule has 0 aliphatic heterocycles. The van der Waals surface area contributed by atoms with Crippen molar-refractivity contribution in [3.63, 3.8) is 0 Å². The van der Waals surface area contributed by atoms with Gasteiger partial charge in [0.1, 0.15) is 0 Å². The molecule has 4 nitrogen and oxygen atoms in total. The number of aliphatic hydroxyl groups excluding tert-OH is 1. The quantitative estimate of drug-likeness (QED) is 0.612. The minimum absolute atomic E-state index is 0.0220. The van der Waals surface area contributed by atoms with E-state index < -0.39 is 0 Å². The summed E-state index contributed by atoms with van der Waals surface area (Å²) in [4.78, 5) is 0. The second-order valence-corrected chi connectivity index (χ2v) is 5.72. The van der Waals surface area contributed by atoms with E-state index in [0.717, 1.165) is 19.4 Å². The molecule has 0 aromatic carbocycles. The number of nitrogens with one attached hydrogen (secondary N) is 1. The molecule has 18 heavy (non-hydrogen) atoms.